The van der Waals surface area contributed by atoms with Crippen LogP contribution >= 0.6 is 0 Å². The summed E-state index contributed by atoms with van der Waals surface area (Å²) < 4.78 is 53.3. The molecule has 1 fully saturated rings. The van der Waals surface area contributed by atoms with Gasteiger partial charge in [-0.25, -0.2) is 0 Å². The maximum atomic E-state index is 10.9. The van der Waals surface area contributed by atoms with E-state index < -0.39 is 32.4 Å². The van der Waals surface area contributed by atoms with Gasteiger partial charge in [0.15, 0.2) is 0 Å². The highest BCUT2D eigenvalue weighted by Gasteiger charge is 2.28. The van der Waals surface area contributed by atoms with Crippen molar-refractivity contribution in [2.24, 2.45) is 0 Å². The highest BCUT2D eigenvalue weighted by atomic mass is 32.2. The molecule has 0 spiro atoms. The standard InChI is InChI=1S/C8H16O6S2/c1-15(9,10)13-7-4-3-5-8(6-7)14-16(2,11)12/h7-8H,3-6H2,1-2H3/t7-,8-/m1/s1. The van der Waals surface area contributed by atoms with Crippen molar-refractivity contribution in [1.29, 1.82) is 0 Å². The molecule has 1 aliphatic rings. The molecule has 0 radical (unpaired) electrons. The van der Waals surface area contributed by atoms with Crippen LogP contribution in [-0.2, 0) is 28.6 Å². The summed E-state index contributed by atoms with van der Waals surface area (Å²) in [5, 5.41) is 0. The van der Waals surface area contributed by atoms with Crippen LogP contribution in [0, 0.1) is 0 Å². The van der Waals surface area contributed by atoms with Crippen molar-refractivity contribution in [3.05, 3.63) is 0 Å². The van der Waals surface area contributed by atoms with E-state index in [9.17, 15) is 16.8 Å². The zero-order chi connectivity index (χ0) is 12.4. The van der Waals surface area contributed by atoms with Crippen LogP contribution in [0.25, 0.3) is 0 Å². The Morgan fingerprint density at radius 2 is 1.25 bits per heavy atom. The summed E-state index contributed by atoms with van der Waals surface area (Å²) in [6.07, 6.45) is 3.21. The Kier molecular flexibility index (Phi) is 4.33. The van der Waals surface area contributed by atoms with Crippen molar-refractivity contribution < 1.29 is 25.2 Å². The fourth-order valence-corrected chi connectivity index (χ4v) is 3.11. The van der Waals surface area contributed by atoms with Gasteiger partial charge < -0.3 is 0 Å². The van der Waals surface area contributed by atoms with Gasteiger partial charge >= 0.3 is 0 Å². The molecular weight excluding hydrogens is 256 g/mol. The fourth-order valence-electron chi connectivity index (χ4n) is 1.77. The van der Waals surface area contributed by atoms with E-state index in [1.54, 1.807) is 0 Å². The van der Waals surface area contributed by atoms with Gasteiger partial charge in [-0.1, -0.05) is 0 Å². The minimum absolute atomic E-state index is 0.292. The number of rotatable bonds is 4. The van der Waals surface area contributed by atoms with E-state index in [1.165, 1.54) is 0 Å². The average molecular weight is 272 g/mol. The van der Waals surface area contributed by atoms with Crippen LogP contribution < -0.4 is 0 Å². The van der Waals surface area contributed by atoms with Gasteiger partial charge in [0, 0.05) is 6.42 Å². The minimum atomic E-state index is -3.50. The van der Waals surface area contributed by atoms with Gasteiger partial charge in [-0.05, 0) is 19.3 Å². The molecule has 96 valence electrons. The van der Waals surface area contributed by atoms with Crippen molar-refractivity contribution in [2.75, 3.05) is 12.5 Å². The third-order valence-electron chi connectivity index (χ3n) is 2.20. The predicted molar refractivity (Wildman–Crippen MR) is 57.9 cm³/mol. The molecule has 1 aliphatic carbocycles. The van der Waals surface area contributed by atoms with E-state index in [-0.39, 0.29) is 0 Å². The molecule has 0 unspecified atom stereocenters. The summed E-state index contributed by atoms with van der Waals surface area (Å²) in [5.41, 5.74) is 0. The van der Waals surface area contributed by atoms with Gasteiger partial charge in [0.1, 0.15) is 0 Å². The van der Waals surface area contributed by atoms with Crippen molar-refractivity contribution in [1.82, 2.24) is 0 Å². The lowest BCUT2D eigenvalue weighted by Gasteiger charge is -2.27. The van der Waals surface area contributed by atoms with Gasteiger partial charge in [0.05, 0.1) is 24.7 Å². The second-order valence-electron chi connectivity index (χ2n) is 4.01. The lowest BCUT2D eigenvalue weighted by molar-refractivity contribution is 0.0772. The molecule has 1 rings (SSSR count). The average Bonchev–Trinajstić information content (AvgIpc) is 1.96. The topological polar surface area (TPSA) is 86.7 Å². The van der Waals surface area contributed by atoms with E-state index in [0.29, 0.717) is 25.7 Å². The second kappa shape index (κ2) is 4.99. The predicted octanol–water partition coefficient (Wildman–Crippen LogP) is 0.250. The van der Waals surface area contributed by atoms with Crippen LogP contribution in [0.2, 0.25) is 0 Å². The monoisotopic (exact) mass is 272 g/mol. The smallest absolute Gasteiger partial charge is 0.264 e. The molecule has 0 aromatic carbocycles. The Morgan fingerprint density at radius 1 is 0.875 bits per heavy atom. The lowest BCUT2D eigenvalue weighted by atomic mass is 9.95. The molecule has 6 nitrogen and oxygen atoms in total. The molecule has 0 heterocycles. The van der Waals surface area contributed by atoms with Crippen LogP contribution in [-0.4, -0.2) is 41.6 Å². The summed E-state index contributed by atoms with van der Waals surface area (Å²) in [6.45, 7) is 0. The first-order valence-corrected chi connectivity index (χ1v) is 8.55. The maximum Gasteiger partial charge on any atom is 0.264 e. The van der Waals surface area contributed by atoms with E-state index in [4.69, 9.17) is 8.37 Å². The quantitative estimate of drug-likeness (QED) is 0.682. The zero-order valence-corrected chi connectivity index (χ0v) is 10.9. The fraction of sp³-hybridized carbons (Fsp3) is 1.00. The third kappa shape index (κ3) is 5.78. The summed E-state index contributed by atoms with van der Waals surface area (Å²) in [5.74, 6) is 0. The molecule has 0 aromatic rings. The summed E-state index contributed by atoms with van der Waals surface area (Å²) >= 11 is 0. The zero-order valence-electron chi connectivity index (χ0n) is 9.25. The molecule has 1 saturated carbocycles. The summed E-state index contributed by atoms with van der Waals surface area (Å²) in [7, 11) is -6.99. The third-order valence-corrected chi connectivity index (χ3v) is 3.44. The molecule has 0 bridgehead atoms. The Hall–Kier alpha value is -0.180. The normalized spacial score (nSPS) is 27.9. The first-order chi connectivity index (χ1) is 7.16. The number of hydrogen-bond acceptors (Lipinski definition) is 6. The largest absolute Gasteiger partial charge is 0.267 e. The molecule has 0 saturated heterocycles. The van der Waals surface area contributed by atoms with Crippen LogP contribution in [0.15, 0.2) is 0 Å². The molecule has 0 amide bonds. The van der Waals surface area contributed by atoms with Crippen molar-refractivity contribution in [2.45, 2.75) is 37.9 Å². The summed E-state index contributed by atoms with van der Waals surface area (Å²) in [4.78, 5) is 0. The first-order valence-electron chi connectivity index (χ1n) is 4.92. The van der Waals surface area contributed by atoms with Gasteiger partial charge in [-0.15, -0.1) is 0 Å². The van der Waals surface area contributed by atoms with Crippen LogP contribution in [0.1, 0.15) is 25.7 Å². The van der Waals surface area contributed by atoms with Gasteiger partial charge in [-0.3, -0.25) is 8.37 Å². The number of hydrogen-bond donors (Lipinski definition) is 0. The van der Waals surface area contributed by atoms with E-state index >= 15 is 0 Å². The van der Waals surface area contributed by atoms with E-state index in [0.717, 1.165) is 12.5 Å². The maximum absolute atomic E-state index is 10.9. The van der Waals surface area contributed by atoms with E-state index in [1.807, 2.05) is 0 Å². The van der Waals surface area contributed by atoms with Crippen LogP contribution in [0.3, 0.4) is 0 Å². The minimum Gasteiger partial charge on any atom is -0.267 e. The molecule has 0 aliphatic heterocycles. The van der Waals surface area contributed by atoms with Crippen molar-refractivity contribution in [3.8, 4) is 0 Å². The molecule has 8 heteroatoms. The van der Waals surface area contributed by atoms with E-state index in [2.05, 4.69) is 0 Å². The molecule has 16 heavy (non-hydrogen) atoms. The Labute approximate surface area is 96.2 Å². The highest BCUT2D eigenvalue weighted by molar-refractivity contribution is 7.86. The Bertz CT molecular complexity index is 383. The second-order valence-corrected chi connectivity index (χ2v) is 7.21. The molecular formula is C8H16O6S2. The molecule has 0 aromatic heterocycles. The molecule has 2 atom stereocenters. The van der Waals surface area contributed by atoms with Gasteiger partial charge in [-0.2, -0.15) is 16.8 Å². The van der Waals surface area contributed by atoms with Crippen LogP contribution in [0.5, 0.6) is 0 Å². The van der Waals surface area contributed by atoms with Crippen LogP contribution in [0.4, 0.5) is 0 Å². The van der Waals surface area contributed by atoms with Gasteiger partial charge in [0.2, 0.25) is 0 Å². The Morgan fingerprint density at radius 3 is 1.56 bits per heavy atom. The lowest BCUT2D eigenvalue weighted by Crippen LogP contribution is -2.31. The highest BCUT2D eigenvalue weighted by Crippen LogP contribution is 2.25. The Balaban J connectivity index is 2.54. The van der Waals surface area contributed by atoms with Gasteiger partial charge in [0.25, 0.3) is 20.2 Å². The molecule has 0 N–H and O–H groups in total. The SMILES string of the molecule is CS(=O)(=O)O[C@@H]1CCC[C@@H](OS(C)(=O)=O)C1. The van der Waals surface area contributed by atoms with Crippen molar-refractivity contribution >= 4 is 20.2 Å². The summed E-state index contributed by atoms with van der Waals surface area (Å²) in [6, 6.07) is 0. The first kappa shape index (κ1) is 13.9. The van der Waals surface area contributed by atoms with Crippen molar-refractivity contribution in [3.63, 3.8) is 0 Å².